The zero-order valence-corrected chi connectivity index (χ0v) is 18.8. The maximum absolute atomic E-state index is 5.76. The third kappa shape index (κ3) is 5.14. The van der Waals surface area contributed by atoms with Crippen LogP contribution in [0.2, 0.25) is 0 Å². The Labute approximate surface area is 172 Å². The van der Waals surface area contributed by atoms with Crippen LogP contribution in [0.4, 0.5) is 5.69 Å². The molecule has 1 saturated heterocycles. The minimum Gasteiger partial charge on any atom is -0.306 e. The SMILES string of the molecule is C=CCSC(=S)N1CC(CC)(CC)CSC1=Nc1ccccc1C(C)C. The van der Waals surface area contributed by atoms with Gasteiger partial charge in [-0.05, 0) is 35.8 Å². The minimum atomic E-state index is 0.306. The highest BCUT2D eigenvalue weighted by atomic mass is 32.2. The van der Waals surface area contributed by atoms with Crippen LogP contribution in [-0.2, 0) is 0 Å². The summed E-state index contributed by atoms with van der Waals surface area (Å²) in [6, 6.07) is 8.45. The second-order valence-electron chi connectivity index (χ2n) is 7.06. The van der Waals surface area contributed by atoms with Crippen LogP contribution in [0.25, 0.3) is 0 Å². The molecule has 142 valence electrons. The number of para-hydroxylation sites is 1. The van der Waals surface area contributed by atoms with E-state index in [2.05, 4.69) is 63.4 Å². The zero-order valence-electron chi connectivity index (χ0n) is 16.3. The first-order valence-electron chi connectivity index (χ1n) is 9.32. The molecule has 0 saturated carbocycles. The Morgan fingerprint density at radius 1 is 1.38 bits per heavy atom. The van der Waals surface area contributed by atoms with Crippen LogP contribution in [-0.4, -0.2) is 32.4 Å². The van der Waals surface area contributed by atoms with Gasteiger partial charge >= 0.3 is 0 Å². The van der Waals surface area contributed by atoms with E-state index in [9.17, 15) is 0 Å². The molecule has 1 heterocycles. The predicted octanol–water partition coefficient (Wildman–Crippen LogP) is 6.86. The standard InChI is InChI=1S/C21H30N2S3/c1-6-13-25-20(24)23-14-21(7-2,8-3)15-26-19(23)22-18-12-10-9-11-17(18)16(4)5/h6,9-12,16H,1,7-8,13-15H2,2-5H3. The van der Waals surface area contributed by atoms with Gasteiger partial charge in [-0.3, -0.25) is 0 Å². The number of thiocarbonyl (C=S) groups is 1. The molecule has 1 aliphatic rings. The van der Waals surface area contributed by atoms with E-state index in [-0.39, 0.29) is 0 Å². The average molecular weight is 407 g/mol. The van der Waals surface area contributed by atoms with Crippen LogP contribution >= 0.6 is 35.7 Å². The first-order chi connectivity index (χ1) is 12.5. The molecular weight excluding hydrogens is 376 g/mol. The van der Waals surface area contributed by atoms with E-state index >= 15 is 0 Å². The normalized spacial score (nSPS) is 18.3. The second kappa shape index (κ2) is 9.95. The van der Waals surface area contributed by atoms with Crippen LogP contribution in [0.5, 0.6) is 0 Å². The Morgan fingerprint density at radius 3 is 2.69 bits per heavy atom. The van der Waals surface area contributed by atoms with E-state index in [1.807, 2.05) is 17.8 Å². The van der Waals surface area contributed by atoms with Gasteiger partial charge in [-0.2, -0.15) is 0 Å². The van der Waals surface area contributed by atoms with Crippen molar-refractivity contribution < 1.29 is 0 Å². The molecule has 2 rings (SSSR count). The van der Waals surface area contributed by atoms with Crippen molar-refractivity contribution in [2.24, 2.45) is 10.4 Å². The van der Waals surface area contributed by atoms with E-state index in [4.69, 9.17) is 17.2 Å². The molecule has 0 N–H and O–H groups in total. The van der Waals surface area contributed by atoms with Gasteiger partial charge in [-0.15, -0.1) is 6.58 Å². The molecule has 0 unspecified atom stereocenters. The van der Waals surface area contributed by atoms with E-state index in [1.54, 1.807) is 11.8 Å². The molecule has 1 aliphatic heterocycles. The summed E-state index contributed by atoms with van der Waals surface area (Å²) in [7, 11) is 0. The molecule has 1 aromatic rings. The quantitative estimate of drug-likeness (QED) is 0.379. The van der Waals surface area contributed by atoms with E-state index in [0.29, 0.717) is 11.3 Å². The molecule has 26 heavy (non-hydrogen) atoms. The van der Waals surface area contributed by atoms with Gasteiger partial charge in [0.2, 0.25) is 0 Å². The lowest BCUT2D eigenvalue weighted by atomic mass is 9.84. The number of hydrogen-bond donors (Lipinski definition) is 0. The fourth-order valence-corrected chi connectivity index (χ4v) is 5.49. The molecule has 0 spiro atoms. The summed E-state index contributed by atoms with van der Waals surface area (Å²) in [6.07, 6.45) is 4.24. The summed E-state index contributed by atoms with van der Waals surface area (Å²) < 4.78 is 0.907. The Hall–Kier alpha value is -0.780. The molecule has 5 heteroatoms. The van der Waals surface area contributed by atoms with Gasteiger partial charge in [-0.1, -0.05) is 87.7 Å². The summed E-state index contributed by atoms with van der Waals surface area (Å²) in [6.45, 7) is 13.8. The first-order valence-corrected chi connectivity index (χ1v) is 11.7. The van der Waals surface area contributed by atoms with Crippen LogP contribution < -0.4 is 0 Å². The number of amidine groups is 1. The van der Waals surface area contributed by atoms with Crippen molar-refractivity contribution in [1.29, 1.82) is 0 Å². The molecule has 0 aliphatic carbocycles. The third-order valence-electron chi connectivity index (χ3n) is 5.05. The Kier molecular flexibility index (Phi) is 8.24. The zero-order chi connectivity index (χ0) is 19.2. The van der Waals surface area contributed by atoms with Crippen molar-refractivity contribution in [3.63, 3.8) is 0 Å². The summed E-state index contributed by atoms with van der Waals surface area (Å²) in [5, 5.41) is 1.04. The number of hydrogen-bond acceptors (Lipinski definition) is 4. The average Bonchev–Trinajstić information content (AvgIpc) is 2.67. The lowest BCUT2D eigenvalue weighted by Crippen LogP contribution is -2.47. The lowest BCUT2D eigenvalue weighted by molar-refractivity contribution is 0.260. The lowest BCUT2D eigenvalue weighted by Gasteiger charge is -2.42. The maximum atomic E-state index is 5.76. The first kappa shape index (κ1) is 21.5. The fraction of sp³-hybridized carbons (Fsp3) is 0.524. The number of nitrogens with zero attached hydrogens (tertiary/aromatic N) is 2. The topological polar surface area (TPSA) is 15.6 Å². The summed E-state index contributed by atoms with van der Waals surface area (Å²) in [5.41, 5.74) is 2.65. The van der Waals surface area contributed by atoms with Crippen molar-refractivity contribution in [1.82, 2.24) is 4.90 Å². The maximum Gasteiger partial charge on any atom is 0.169 e. The van der Waals surface area contributed by atoms with E-state index < -0.39 is 0 Å². The van der Waals surface area contributed by atoms with Crippen molar-refractivity contribution >= 4 is 50.9 Å². The molecule has 2 nitrogen and oxygen atoms in total. The molecular formula is C21H30N2S3. The number of rotatable bonds is 6. The molecule has 0 radical (unpaired) electrons. The summed E-state index contributed by atoms with van der Waals surface area (Å²) in [5.74, 6) is 2.39. The van der Waals surface area contributed by atoms with Gasteiger partial charge in [-0.25, -0.2) is 4.99 Å². The van der Waals surface area contributed by atoms with Crippen LogP contribution in [0.15, 0.2) is 41.9 Å². The largest absolute Gasteiger partial charge is 0.306 e. The van der Waals surface area contributed by atoms with Gasteiger partial charge in [0, 0.05) is 18.1 Å². The van der Waals surface area contributed by atoms with Gasteiger partial charge in [0.05, 0.1) is 5.69 Å². The van der Waals surface area contributed by atoms with Crippen LogP contribution in [0.3, 0.4) is 0 Å². The van der Waals surface area contributed by atoms with Crippen LogP contribution in [0.1, 0.15) is 52.0 Å². The third-order valence-corrected chi connectivity index (χ3v) is 7.82. The number of thioether (sulfide) groups is 2. The highest BCUT2D eigenvalue weighted by molar-refractivity contribution is 8.23. The molecule has 0 bridgehead atoms. The Bertz CT molecular complexity index is 663. The van der Waals surface area contributed by atoms with Gasteiger partial charge in [0.25, 0.3) is 0 Å². The monoisotopic (exact) mass is 406 g/mol. The molecule has 1 fully saturated rings. The molecule has 0 atom stereocenters. The molecule has 0 amide bonds. The van der Waals surface area contributed by atoms with Gasteiger partial charge in [0.15, 0.2) is 5.17 Å². The highest BCUT2D eigenvalue weighted by Crippen LogP contribution is 2.40. The molecule has 0 aromatic heterocycles. The summed E-state index contributed by atoms with van der Waals surface area (Å²) >= 11 is 9.29. The van der Waals surface area contributed by atoms with E-state index in [0.717, 1.165) is 46.1 Å². The smallest absolute Gasteiger partial charge is 0.169 e. The Balaban J connectivity index is 2.38. The van der Waals surface area contributed by atoms with Crippen molar-refractivity contribution in [3.8, 4) is 0 Å². The number of benzene rings is 1. The van der Waals surface area contributed by atoms with Gasteiger partial charge in [0.1, 0.15) is 4.32 Å². The van der Waals surface area contributed by atoms with Crippen LogP contribution in [0, 0.1) is 5.41 Å². The minimum absolute atomic E-state index is 0.306. The van der Waals surface area contributed by atoms with Crippen molar-refractivity contribution in [2.75, 3.05) is 18.1 Å². The fourth-order valence-electron chi connectivity index (χ4n) is 3.05. The van der Waals surface area contributed by atoms with Crippen molar-refractivity contribution in [2.45, 2.75) is 46.5 Å². The number of aliphatic imine (C=N–C) groups is 1. The predicted molar refractivity (Wildman–Crippen MR) is 125 cm³/mol. The van der Waals surface area contributed by atoms with Gasteiger partial charge < -0.3 is 4.90 Å². The summed E-state index contributed by atoms with van der Waals surface area (Å²) in [4.78, 5) is 7.33. The second-order valence-corrected chi connectivity index (χ2v) is 9.65. The van der Waals surface area contributed by atoms with Crippen molar-refractivity contribution in [3.05, 3.63) is 42.5 Å². The van der Waals surface area contributed by atoms with E-state index in [1.165, 1.54) is 5.56 Å². The Morgan fingerprint density at radius 2 is 2.08 bits per heavy atom. The molecule has 1 aromatic carbocycles. The highest BCUT2D eigenvalue weighted by Gasteiger charge is 2.37.